The second kappa shape index (κ2) is 9.56. The summed E-state index contributed by atoms with van der Waals surface area (Å²) in [5.41, 5.74) is 2.98. The van der Waals surface area contributed by atoms with Crippen LogP contribution in [0.4, 0.5) is 5.69 Å². The highest BCUT2D eigenvalue weighted by atomic mass is 32.2. The van der Waals surface area contributed by atoms with Crippen molar-refractivity contribution in [3.05, 3.63) is 63.4 Å². The van der Waals surface area contributed by atoms with Crippen LogP contribution in [0.1, 0.15) is 16.5 Å². The molecule has 3 N–H and O–H groups in total. The fourth-order valence-electron chi connectivity index (χ4n) is 3.35. The number of nitrogens with zero attached hydrogens (tertiary/aromatic N) is 2. The predicted octanol–water partition coefficient (Wildman–Crippen LogP) is 3.46. The maximum absolute atomic E-state index is 12.5. The Labute approximate surface area is 188 Å². The molecule has 4 rings (SSSR count). The molecule has 160 valence electrons. The van der Waals surface area contributed by atoms with E-state index in [1.807, 2.05) is 18.2 Å². The standard InChI is InChI=1S/C22H21N3O4S2/c23-12-17-20(28)24-21(15-4-5-18(26)19(27)11-15)31-22(17)30-13-14-2-1-3-16(10-14)25-6-8-29-9-7-25/h1-5,10-11,21,26-27H,6-9,13H2,(H,24,28). The summed E-state index contributed by atoms with van der Waals surface area (Å²) in [7, 11) is 0. The summed E-state index contributed by atoms with van der Waals surface area (Å²) < 4.78 is 6.06. The fourth-order valence-corrected chi connectivity index (χ4v) is 5.77. The van der Waals surface area contributed by atoms with E-state index in [0.717, 1.165) is 37.6 Å². The molecule has 2 aromatic rings. The number of phenolic OH excluding ortho intramolecular Hbond substituents is 2. The van der Waals surface area contributed by atoms with Crippen LogP contribution in [-0.4, -0.2) is 42.4 Å². The first kappa shape index (κ1) is 21.4. The van der Waals surface area contributed by atoms with Crippen molar-refractivity contribution in [3.63, 3.8) is 0 Å². The van der Waals surface area contributed by atoms with Crippen molar-refractivity contribution in [2.24, 2.45) is 0 Å². The van der Waals surface area contributed by atoms with Crippen LogP contribution in [0, 0.1) is 11.3 Å². The Bertz CT molecular complexity index is 1060. The first-order valence-corrected chi connectivity index (χ1v) is 11.6. The number of thioether (sulfide) groups is 2. The van der Waals surface area contributed by atoms with Crippen molar-refractivity contribution in [2.75, 3.05) is 31.2 Å². The quantitative estimate of drug-likeness (QED) is 0.589. The number of morpholine rings is 1. The average Bonchev–Trinajstić information content (AvgIpc) is 2.80. The number of benzene rings is 2. The van der Waals surface area contributed by atoms with Crippen LogP contribution in [0.15, 0.2) is 52.3 Å². The van der Waals surface area contributed by atoms with E-state index >= 15 is 0 Å². The van der Waals surface area contributed by atoms with Crippen LogP contribution >= 0.6 is 23.5 Å². The van der Waals surface area contributed by atoms with Gasteiger partial charge in [-0.25, -0.2) is 0 Å². The second-order valence-corrected chi connectivity index (χ2v) is 9.41. The lowest BCUT2D eigenvalue weighted by Crippen LogP contribution is -2.36. The topological polar surface area (TPSA) is 106 Å². The molecule has 0 saturated carbocycles. The molecule has 1 atom stereocenters. The Kier molecular flexibility index (Phi) is 6.61. The van der Waals surface area contributed by atoms with Gasteiger partial charge in [-0.1, -0.05) is 30.0 Å². The average molecular weight is 456 g/mol. The number of nitrogens with one attached hydrogen (secondary N) is 1. The number of nitriles is 1. The predicted molar refractivity (Wildman–Crippen MR) is 122 cm³/mol. The Balaban J connectivity index is 1.50. The summed E-state index contributed by atoms with van der Waals surface area (Å²) in [6.07, 6.45) is 0. The van der Waals surface area contributed by atoms with Crippen molar-refractivity contribution >= 4 is 35.1 Å². The SMILES string of the molecule is N#CC1=C(SCc2cccc(N3CCOCC3)c2)SC(c2ccc(O)c(O)c2)NC1=O. The number of ether oxygens (including phenoxy) is 1. The normalized spacial score (nSPS) is 19.1. The molecule has 1 amide bonds. The van der Waals surface area contributed by atoms with Crippen molar-refractivity contribution in [1.29, 1.82) is 5.26 Å². The molecule has 2 heterocycles. The summed E-state index contributed by atoms with van der Waals surface area (Å²) in [5, 5.41) is 31.1. The third-order valence-corrected chi connectivity index (χ3v) is 7.62. The van der Waals surface area contributed by atoms with Gasteiger partial charge >= 0.3 is 0 Å². The van der Waals surface area contributed by atoms with E-state index in [0.29, 0.717) is 15.6 Å². The van der Waals surface area contributed by atoms with Gasteiger partial charge in [-0.05, 0) is 35.4 Å². The number of hydrogen-bond donors (Lipinski definition) is 3. The van der Waals surface area contributed by atoms with E-state index in [4.69, 9.17) is 4.74 Å². The Morgan fingerprint density at radius 3 is 2.74 bits per heavy atom. The summed E-state index contributed by atoms with van der Waals surface area (Å²) >= 11 is 2.81. The van der Waals surface area contributed by atoms with E-state index in [1.54, 1.807) is 6.07 Å². The lowest BCUT2D eigenvalue weighted by Gasteiger charge is -2.29. The molecule has 2 aromatic carbocycles. The van der Waals surface area contributed by atoms with Gasteiger partial charge in [0, 0.05) is 24.5 Å². The van der Waals surface area contributed by atoms with Crippen molar-refractivity contribution < 1.29 is 19.7 Å². The molecule has 1 saturated heterocycles. The first-order valence-electron chi connectivity index (χ1n) is 9.73. The zero-order chi connectivity index (χ0) is 21.8. The van der Waals surface area contributed by atoms with Crippen LogP contribution in [0.25, 0.3) is 0 Å². The zero-order valence-electron chi connectivity index (χ0n) is 16.6. The molecule has 0 aromatic heterocycles. The van der Waals surface area contributed by atoms with Gasteiger partial charge in [0.25, 0.3) is 5.91 Å². The number of phenols is 2. The fraction of sp³-hybridized carbons (Fsp3) is 0.273. The molecular formula is C22H21N3O4S2. The lowest BCUT2D eigenvalue weighted by molar-refractivity contribution is -0.117. The van der Waals surface area contributed by atoms with Gasteiger partial charge in [-0.2, -0.15) is 5.26 Å². The molecule has 9 heteroatoms. The van der Waals surface area contributed by atoms with Gasteiger partial charge in [0.1, 0.15) is 17.0 Å². The molecule has 7 nitrogen and oxygen atoms in total. The number of amides is 1. The van der Waals surface area contributed by atoms with E-state index in [9.17, 15) is 20.3 Å². The molecule has 0 radical (unpaired) electrons. The van der Waals surface area contributed by atoms with Gasteiger partial charge < -0.3 is 25.2 Å². The molecule has 1 unspecified atom stereocenters. The third kappa shape index (κ3) is 4.93. The van der Waals surface area contributed by atoms with E-state index in [-0.39, 0.29) is 17.1 Å². The van der Waals surface area contributed by atoms with Gasteiger partial charge in [0.15, 0.2) is 11.5 Å². The highest BCUT2D eigenvalue weighted by molar-refractivity contribution is 8.22. The largest absolute Gasteiger partial charge is 0.504 e. The van der Waals surface area contributed by atoms with Gasteiger partial charge in [0.05, 0.1) is 17.5 Å². The molecule has 0 aliphatic carbocycles. The number of carbonyl (C=O) groups excluding carboxylic acids is 1. The maximum atomic E-state index is 12.5. The van der Waals surface area contributed by atoms with Crippen molar-refractivity contribution in [3.8, 4) is 17.6 Å². The Morgan fingerprint density at radius 1 is 1.19 bits per heavy atom. The Hall–Kier alpha value is -2.80. The summed E-state index contributed by atoms with van der Waals surface area (Å²) in [4.78, 5) is 14.8. The van der Waals surface area contributed by atoms with Crippen LogP contribution in [0.2, 0.25) is 0 Å². The molecule has 1 fully saturated rings. The zero-order valence-corrected chi connectivity index (χ0v) is 18.2. The highest BCUT2D eigenvalue weighted by Crippen LogP contribution is 2.45. The van der Waals surface area contributed by atoms with Crippen LogP contribution in [0.5, 0.6) is 11.5 Å². The van der Waals surface area contributed by atoms with Crippen LogP contribution in [0.3, 0.4) is 0 Å². The second-order valence-electron chi connectivity index (χ2n) is 7.05. The third-order valence-electron chi connectivity index (χ3n) is 4.99. The van der Waals surface area contributed by atoms with Crippen LogP contribution < -0.4 is 10.2 Å². The molecule has 2 aliphatic heterocycles. The van der Waals surface area contributed by atoms with Gasteiger partial charge in [0.2, 0.25) is 0 Å². The molecule has 0 bridgehead atoms. The monoisotopic (exact) mass is 455 g/mol. The number of hydrogen-bond acceptors (Lipinski definition) is 8. The molecule has 2 aliphatic rings. The minimum Gasteiger partial charge on any atom is -0.504 e. The summed E-state index contributed by atoms with van der Waals surface area (Å²) in [6.45, 7) is 3.16. The van der Waals surface area contributed by atoms with Gasteiger partial charge in [-0.3, -0.25) is 4.79 Å². The molecule has 0 spiro atoms. The summed E-state index contributed by atoms with van der Waals surface area (Å²) in [5.74, 6) is -0.300. The Morgan fingerprint density at radius 2 is 2.00 bits per heavy atom. The van der Waals surface area contributed by atoms with Crippen molar-refractivity contribution in [1.82, 2.24) is 5.32 Å². The first-order chi connectivity index (χ1) is 15.0. The number of anilines is 1. The number of aromatic hydroxyl groups is 2. The van der Waals surface area contributed by atoms with Crippen LogP contribution in [-0.2, 0) is 15.3 Å². The lowest BCUT2D eigenvalue weighted by atomic mass is 10.2. The van der Waals surface area contributed by atoms with E-state index in [2.05, 4.69) is 22.3 Å². The number of carbonyl (C=O) groups is 1. The minimum absolute atomic E-state index is 0.0959. The molecular weight excluding hydrogens is 434 g/mol. The smallest absolute Gasteiger partial charge is 0.264 e. The van der Waals surface area contributed by atoms with E-state index < -0.39 is 11.3 Å². The summed E-state index contributed by atoms with van der Waals surface area (Å²) in [6, 6.07) is 14.7. The van der Waals surface area contributed by atoms with E-state index in [1.165, 1.54) is 35.7 Å². The van der Waals surface area contributed by atoms with Crippen molar-refractivity contribution in [2.45, 2.75) is 11.1 Å². The molecule has 31 heavy (non-hydrogen) atoms. The minimum atomic E-state index is -0.460. The highest BCUT2D eigenvalue weighted by Gasteiger charge is 2.29. The maximum Gasteiger partial charge on any atom is 0.264 e. The number of rotatable bonds is 5. The van der Waals surface area contributed by atoms with Gasteiger partial charge in [-0.15, -0.1) is 11.8 Å².